The first-order valence-corrected chi connectivity index (χ1v) is 11.1. The van der Waals surface area contributed by atoms with Gasteiger partial charge in [0.05, 0.1) is 24.7 Å². The van der Waals surface area contributed by atoms with Crippen LogP contribution in [-0.2, 0) is 28.6 Å². The Morgan fingerprint density at radius 2 is 0.933 bits per heavy atom. The molecule has 3 aliphatic rings. The highest BCUT2D eigenvalue weighted by Crippen LogP contribution is 2.25. The molecule has 0 N–H and O–H groups in total. The Hall–Kier alpha value is -1.71. The molecular formula is C21H35N3O6. The van der Waals surface area contributed by atoms with Gasteiger partial charge in [-0.05, 0) is 6.42 Å². The predicted octanol–water partition coefficient (Wildman–Crippen LogP) is 0.130. The van der Waals surface area contributed by atoms with Gasteiger partial charge < -0.3 is 28.9 Å². The van der Waals surface area contributed by atoms with Crippen molar-refractivity contribution < 1.29 is 28.6 Å². The summed E-state index contributed by atoms with van der Waals surface area (Å²) in [6, 6.07) is 0. The van der Waals surface area contributed by atoms with Crippen LogP contribution < -0.4 is 0 Å². The molecule has 30 heavy (non-hydrogen) atoms. The molecule has 3 aliphatic heterocycles. The van der Waals surface area contributed by atoms with E-state index >= 15 is 0 Å². The van der Waals surface area contributed by atoms with Crippen LogP contribution in [0.3, 0.4) is 0 Å². The Morgan fingerprint density at radius 3 is 1.17 bits per heavy atom. The molecule has 0 aromatic carbocycles. The summed E-state index contributed by atoms with van der Waals surface area (Å²) in [7, 11) is 0. The van der Waals surface area contributed by atoms with Gasteiger partial charge in [-0.2, -0.15) is 0 Å². The van der Waals surface area contributed by atoms with Gasteiger partial charge in [0, 0.05) is 58.9 Å². The molecule has 0 aliphatic carbocycles. The van der Waals surface area contributed by atoms with Gasteiger partial charge >= 0.3 is 17.9 Å². The van der Waals surface area contributed by atoms with E-state index in [4.69, 9.17) is 14.2 Å². The van der Waals surface area contributed by atoms with E-state index in [1.54, 1.807) is 0 Å². The fraction of sp³-hybridized carbons (Fsp3) is 0.857. The van der Waals surface area contributed by atoms with Gasteiger partial charge in [0.25, 0.3) is 0 Å². The van der Waals surface area contributed by atoms with Crippen LogP contribution in [-0.4, -0.2) is 111 Å². The number of hydrogen-bond donors (Lipinski definition) is 0. The van der Waals surface area contributed by atoms with E-state index in [1.165, 1.54) is 0 Å². The van der Waals surface area contributed by atoms with Gasteiger partial charge in [0.1, 0.15) is 19.8 Å². The third-order valence-corrected chi connectivity index (χ3v) is 5.88. The standard InChI is InChI=1S/C21H35N3O6/c1-2-21(15-28-18(25)3-6-22-9-10-22,16-29-19(26)4-7-23-11-12-23)17-30-20(27)5-8-24-13-14-24/h2-17H2,1H3. The Bertz CT molecular complexity index is 523. The molecule has 0 atom stereocenters. The molecule has 0 aromatic rings. The molecule has 9 heteroatoms. The van der Waals surface area contributed by atoms with Crippen LogP contribution in [0.4, 0.5) is 0 Å². The minimum absolute atomic E-state index is 0.0706. The van der Waals surface area contributed by atoms with E-state index in [1.807, 2.05) is 6.92 Å². The van der Waals surface area contributed by atoms with Crippen LogP contribution in [0, 0.1) is 5.41 Å². The highest BCUT2D eigenvalue weighted by molar-refractivity contribution is 5.70. The van der Waals surface area contributed by atoms with Gasteiger partial charge in [-0.3, -0.25) is 14.4 Å². The lowest BCUT2D eigenvalue weighted by Gasteiger charge is -2.31. The van der Waals surface area contributed by atoms with E-state index in [0.29, 0.717) is 45.3 Å². The summed E-state index contributed by atoms with van der Waals surface area (Å²) in [5, 5.41) is 0. The second-order valence-electron chi connectivity index (χ2n) is 8.61. The van der Waals surface area contributed by atoms with Gasteiger partial charge in [0.2, 0.25) is 0 Å². The van der Waals surface area contributed by atoms with Crippen molar-refractivity contribution in [2.75, 3.05) is 78.7 Å². The van der Waals surface area contributed by atoms with Crippen molar-refractivity contribution in [3.8, 4) is 0 Å². The van der Waals surface area contributed by atoms with E-state index in [9.17, 15) is 14.4 Å². The molecule has 170 valence electrons. The average Bonchev–Trinajstić information content (AvgIpc) is 3.58. The molecule has 0 spiro atoms. The van der Waals surface area contributed by atoms with Crippen molar-refractivity contribution in [1.82, 2.24) is 14.7 Å². The number of nitrogens with zero attached hydrogens (tertiary/aromatic N) is 3. The normalized spacial score (nSPS) is 18.7. The van der Waals surface area contributed by atoms with Crippen LogP contribution >= 0.6 is 0 Å². The SMILES string of the molecule is CCC(COC(=O)CCN1CC1)(COC(=O)CCN1CC1)COC(=O)CCN1CC1. The molecule has 0 unspecified atom stereocenters. The maximum Gasteiger partial charge on any atom is 0.307 e. The quantitative estimate of drug-likeness (QED) is 0.194. The zero-order chi connectivity index (χ0) is 21.4. The first-order chi connectivity index (χ1) is 14.5. The zero-order valence-electron chi connectivity index (χ0n) is 18.1. The van der Waals surface area contributed by atoms with Crippen molar-refractivity contribution in [3.05, 3.63) is 0 Å². The Morgan fingerprint density at radius 1 is 0.633 bits per heavy atom. The first-order valence-electron chi connectivity index (χ1n) is 11.1. The summed E-state index contributed by atoms with van der Waals surface area (Å²) in [6.07, 6.45) is 1.58. The summed E-state index contributed by atoms with van der Waals surface area (Å²) in [5.74, 6) is -0.832. The number of rotatable bonds is 16. The summed E-state index contributed by atoms with van der Waals surface area (Å²) in [5.41, 5.74) is -0.722. The lowest BCUT2D eigenvalue weighted by Crippen LogP contribution is -2.39. The molecule has 0 saturated carbocycles. The minimum atomic E-state index is -0.722. The third kappa shape index (κ3) is 8.97. The molecule has 3 rings (SSSR count). The van der Waals surface area contributed by atoms with E-state index < -0.39 is 5.41 Å². The van der Waals surface area contributed by atoms with Crippen molar-refractivity contribution in [3.63, 3.8) is 0 Å². The van der Waals surface area contributed by atoms with Crippen LogP contribution in [0.5, 0.6) is 0 Å². The fourth-order valence-electron chi connectivity index (χ4n) is 2.98. The molecule has 3 fully saturated rings. The van der Waals surface area contributed by atoms with Crippen LogP contribution in [0.1, 0.15) is 32.6 Å². The second kappa shape index (κ2) is 11.1. The van der Waals surface area contributed by atoms with Crippen LogP contribution in [0.15, 0.2) is 0 Å². The van der Waals surface area contributed by atoms with Gasteiger partial charge in [-0.25, -0.2) is 0 Å². The van der Waals surface area contributed by atoms with E-state index in [2.05, 4.69) is 14.7 Å². The number of carbonyl (C=O) groups is 3. The molecule has 0 bridgehead atoms. The molecule has 9 nitrogen and oxygen atoms in total. The highest BCUT2D eigenvalue weighted by Gasteiger charge is 2.34. The lowest BCUT2D eigenvalue weighted by molar-refractivity contribution is -0.162. The third-order valence-electron chi connectivity index (χ3n) is 5.88. The number of hydrogen-bond acceptors (Lipinski definition) is 9. The van der Waals surface area contributed by atoms with E-state index in [-0.39, 0.29) is 37.7 Å². The smallest absolute Gasteiger partial charge is 0.307 e. The lowest BCUT2D eigenvalue weighted by atomic mass is 9.88. The number of ether oxygens (including phenoxy) is 3. The van der Waals surface area contributed by atoms with Crippen LogP contribution in [0.25, 0.3) is 0 Å². The Balaban J connectivity index is 1.45. The summed E-state index contributed by atoms with van der Waals surface area (Å²) in [4.78, 5) is 42.8. The predicted molar refractivity (Wildman–Crippen MR) is 109 cm³/mol. The highest BCUT2D eigenvalue weighted by atomic mass is 16.6. The largest absolute Gasteiger partial charge is 0.465 e. The van der Waals surface area contributed by atoms with Crippen molar-refractivity contribution in [2.24, 2.45) is 5.41 Å². The summed E-state index contributed by atoms with van der Waals surface area (Å²) < 4.78 is 16.5. The van der Waals surface area contributed by atoms with Crippen LogP contribution in [0.2, 0.25) is 0 Å². The molecular weight excluding hydrogens is 390 g/mol. The van der Waals surface area contributed by atoms with Crippen molar-refractivity contribution in [2.45, 2.75) is 32.6 Å². The fourth-order valence-corrected chi connectivity index (χ4v) is 2.98. The van der Waals surface area contributed by atoms with Gasteiger partial charge in [0.15, 0.2) is 0 Å². The zero-order valence-corrected chi connectivity index (χ0v) is 18.1. The average molecular weight is 426 g/mol. The van der Waals surface area contributed by atoms with Gasteiger partial charge in [-0.15, -0.1) is 0 Å². The van der Waals surface area contributed by atoms with Crippen molar-refractivity contribution >= 4 is 17.9 Å². The minimum Gasteiger partial charge on any atom is -0.465 e. The van der Waals surface area contributed by atoms with Crippen molar-refractivity contribution in [1.29, 1.82) is 0 Å². The maximum atomic E-state index is 12.1. The molecule has 3 heterocycles. The summed E-state index contributed by atoms with van der Waals surface area (Å²) in [6.45, 7) is 10.5. The molecule has 0 radical (unpaired) electrons. The summed E-state index contributed by atoms with van der Waals surface area (Å²) >= 11 is 0. The monoisotopic (exact) mass is 425 g/mol. The Kier molecular flexibility index (Phi) is 8.47. The number of esters is 3. The molecule has 3 saturated heterocycles. The number of carbonyl (C=O) groups excluding carboxylic acids is 3. The Labute approximate surface area is 178 Å². The maximum absolute atomic E-state index is 12.1. The molecule has 0 amide bonds. The second-order valence-corrected chi connectivity index (χ2v) is 8.61. The first kappa shape index (κ1) is 23.0. The van der Waals surface area contributed by atoms with Gasteiger partial charge in [-0.1, -0.05) is 6.92 Å². The topological polar surface area (TPSA) is 87.9 Å². The van der Waals surface area contributed by atoms with E-state index in [0.717, 1.165) is 39.3 Å². The molecule has 0 aromatic heterocycles.